The molecule has 0 unspecified atom stereocenters. The van der Waals surface area contributed by atoms with Crippen LogP contribution >= 0.6 is 11.6 Å². The van der Waals surface area contributed by atoms with E-state index in [0.717, 1.165) is 37.2 Å². The van der Waals surface area contributed by atoms with Gasteiger partial charge in [-0.25, -0.2) is 0 Å². The van der Waals surface area contributed by atoms with Crippen LogP contribution in [0.15, 0.2) is 36.5 Å². The summed E-state index contributed by atoms with van der Waals surface area (Å²) in [6.45, 7) is 15.7. The first-order chi connectivity index (χ1) is 12.0. The number of carbonyl (C=O) groups is 1. The van der Waals surface area contributed by atoms with Crippen molar-refractivity contribution in [1.29, 1.82) is 0 Å². The summed E-state index contributed by atoms with van der Waals surface area (Å²) in [6, 6.07) is 7.70. The van der Waals surface area contributed by atoms with E-state index in [0.29, 0.717) is 11.4 Å². The van der Waals surface area contributed by atoms with E-state index in [9.17, 15) is 4.79 Å². The van der Waals surface area contributed by atoms with Crippen LogP contribution < -0.4 is 0 Å². The van der Waals surface area contributed by atoms with Gasteiger partial charge in [-0.05, 0) is 43.9 Å². The number of hydrogen-bond donors (Lipinski definition) is 0. The van der Waals surface area contributed by atoms with Gasteiger partial charge in [0.05, 0.1) is 12.5 Å². The number of rotatable bonds is 4. The number of carbonyl (C=O) groups excluding carboxylic acids is 1. The molecule has 4 heteroatoms. The number of benzene rings is 1. The maximum absolute atomic E-state index is 12.3. The Balaban J connectivity index is 0.00000134. The summed E-state index contributed by atoms with van der Waals surface area (Å²) in [6.07, 6.45) is 2.27. The van der Waals surface area contributed by atoms with Crippen LogP contribution in [0.25, 0.3) is 0 Å². The van der Waals surface area contributed by atoms with Crippen molar-refractivity contribution < 1.29 is 9.53 Å². The molecule has 3 nitrogen and oxygen atoms in total. The van der Waals surface area contributed by atoms with Gasteiger partial charge in [-0.2, -0.15) is 0 Å². The topological polar surface area (TPSA) is 29.5 Å². The smallest absolute Gasteiger partial charge is 0.312 e. The molecule has 1 aromatic carbocycles. The third-order valence-electron chi connectivity index (χ3n) is 4.33. The Morgan fingerprint density at radius 3 is 2.04 bits per heavy atom. The number of halogens is 1. The Hall–Kier alpha value is -1.48. The molecule has 25 heavy (non-hydrogen) atoms. The molecule has 0 N–H and O–H groups in total. The van der Waals surface area contributed by atoms with E-state index in [1.54, 1.807) is 0 Å². The first kappa shape index (κ1) is 23.5. The Kier molecular flexibility index (Phi) is 11.3. The summed E-state index contributed by atoms with van der Waals surface area (Å²) in [5, 5.41) is 0.711. The summed E-state index contributed by atoms with van der Waals surface area (Å²) >= 11 is 5.92. The van der Waals surface area contributed by atoms with E-state index in [1.807, 2.05) is 58.9 Å². The van der Waals surface area contributed by atoms with Gasteiger partial charge >= 0.3 is 5.97 Å². The third-order valence-corrected chi connectivity index (χ3v) is 4.59. The largest absolute Gasteiger partial charge is 0.469 e. The average Bonchev–Trinajstić information content (AvgIpc) is 2.66. The summed E-state index contributed by atoms with van der Waals surface area (Å²) < 4.78 is 5.08. The first-order valence-corrected chi connectivity index (χ1v) is 9.58. The highest BCUT2D eigenvalue weighted by Crippen LogP contribution is 2.37. The lowest BCUT2D eigenvalue weighted by Gasteiger charge is -2.41. The predicted octanol–water partition coefficient (Wildman–Crippen LogP) is 5.72. The van der Waals surface area contributed by atoms with Crippen LogP contribution in [0.4, 0.5) is 0 Å². The number of hydrogen-bond acceptors (Lipinski definition) is 3. The predicted molar refractivity (Wildman–Crippen MR) is 108 cm³/mol. The van der Waals surface area contributed by atoms with Gasteiger partial charge in [0.15, 0.2) is 0 Å². The maximum Gasteiger partial charge on any atom is 0.312 e. The number of esters is 1. The number of likely N-dealkylation sites (tertiary alicyclic amines) is 1. The van der Waals surface area contributed by atoms with Crippen molar-refractivity contribution in [2.24, 2.45) is 5.41 Å². The van der Waals surface area contributed by atoms with Gasteiger partial charge in [-0.15, -0.1) is 0 Å². The van der Waals surface area contributed by atoms with Crippen LogP contribution in [0.1, 0.15) is 53.0 Å². The van der Waals surface area contributed by atoms with Crippen LogP contribution in [0, 0.1) is 5.41 Å². The lowest BCUT2D eigenvalue weighted by Crippen LogP contribution is -2.45. The average molecular weight is 368 g/mol. The van der Waals surface area contributed by atoms with Crippen LogP contribution in [0.3, 0.4) is 0 Å². The van der Waals surface area contributed by atoms with E-state index in [2.05, 4.69) is 11.5 Å². The molecule has 1 aliphatic heterocycles. The Morgan fingerprint density at radius 1 is 1.16 bits per heavy atom. The van der Waals surface area contributed by atoms with Crippen molar-refractivity contribution in [1.82, 2.24) is 4.90 Å². The summed E-state index contributed by atoms with van der Waals surface area (Å²) in [4.78, 5) is 14.6. The minimum absolute atomic E-state index is 0.112. The molecule has 1 heterocycles. The molecule has 1 fully saturated rings. The molecule has 1 aromatic rings. The summed E-state index contributed by atoms with van der Waals surface area (Å²) in [5.74, 6) is -0.112. The monoisotopic (exact) mass is 367 g/mol. The number of allylic oxidation sites excluding steroid dienone is 1. The zero-order valence-corrected chi connectivity index (χ0v) is 17.4. The number of ether oxygens (including phenoxy) is 1. The SMILES string of the molecule is C=C(C)N1CCC(Cc2ccc(Cl)cc2)(C(=O)OC)CC1.CC.CC. The normalized spacial score (nSPS) is 15.1. The van der Waals surface area contributed by atoms with E-state index in [4.69, 9.17) is 16.3 Å². The summed E-state index contributed by atoms with van der Waals surface area (Å²) in [7, 11) is 1.47. The van der Waals surface area contributed by atoms with Gasteiger partial charge in [0, 0.05) is 23.8 Å². The molecule has 0 amide bonds. The van der Waals surface area contributed by atoms with E-state index < -0.39 is 5.41 Å². The standard InChI is InChI=1S/C17H22ClNO2.2C2H6/c1-13(2)19-10-8-17(9-11-19,16(20)21-3)12-14-4-6-15(18)7-5-14;2*1-2/h4-7H,1,8-12H2,2-3H3;2*1-2H3. The Bertz CT molecular complexity index is 517. The molecule has 0 bridgehead atoms. The highest BCUT2D eigenvalue weighted by Gasteiger charge is 2.42. The molecule has 0 saturated carbocycles. The van der Waals surface area contributed by atoms with Gasteiger partial charge in [0.1, 0.15) is 0 Å². The van der Waals surface area contributed by atoms with E-state index >= 15 is 0 Å². The fourth-order valence-corrected chi connectivity index (χ4v) is 3.11. The van der Waals surface area contributed by atoms with E-state index in [1.165, 1.54) is 7.11 Å². The molecular weight excluding hydrogens is 334 g/mol. The fraction of sp³-hybridized carbons (Fsp3) is 0.571. The fourth-order valence-electron chi connectivity index (χ4n) is 2.98. The van der Waals surface area contributed by atoms with Gasteiger partial charge in [0.25, 0.3) is 0 Å². The van der Waals surface area contributed by atoms with Gasteiger partial charge < -0.3 is 9.64 Å². The second-order valence-electron chi connectivity index (χ2n) is 5.80. The number of nitrogens with zero attached hydrogens (tertiary/aromatic N) is 1. The second-order valence-corrected chi connectivity index (χ2v) is 6.23. The highest BCUT2D eigenvalue weighted by atomic mass is 35.5. The quantitative estimate of drug-likeness (QED) is 0.637. The third kappa shape index (κ3) is 6.74. The van der Waals surface area contributed by atoms with Gasteiger partial charge in [-0.1, -0.05) is 58.0 Å². The molecule has 2 rings (SSSR count). The molecule has 1 aliphatic rings. The zero-order valence-electron chi connectivity index (χ0n) is 16.7. The van der Waals surface area contributed by atoms with Crippen molar-refractivity contribution in [3.63, 3.8) is 0 Å². The second kappa shape index (κ2) is 12.0. The Morgan fingerprint density at radius 2 is 1.64 bits per heavy atom. The van der Waals surface area contributed by atoms with Crippen LogP contribution in [-0.2, 0) is 16.0 Å². The zero-order chi connectivity index (χ0) is 19.5. The van der Waals surface area contributed by atoms with Crippen molar-refractivity contribution in [3.05, 3.63) is 47.1 Å². The highest BCUT2D eigenvalue weighted by molar-refractivity contribution is 6.30. The number of piperidine rings is 1. The maximum atomic E-state index is 12.3. The first-order valence-electron chi connectivity index (χ1n) is 9.20. The number of methoxy groups -OCH3 is 1. The molecule has 0 atom stereocenters. The van der Waals surface area contributed by atoms with E-state index in [-0.39, 0.29) is 5.97 Å². The minimum Gasteiger partial charge on any atom is -0.469 e. The molecule has 1 saturated heterocycles. The molecule has 0 aromatic heterocycles. The summed E-state index contributed by atoms with van der Waals surface area (Å²) in [5.41, 5.74) is 1.74. The van der Waals surface area contributed by atoms with Gasteiger partial charge in [-0.3, -0.25) is 4.79 Å². The molecule has 0 aliphatic carbocycles. The van der Waals surface area contributed by atoms with Crippen molar-refractivity contribution in [3.8, 4) is 0 Å². The van der Waals surface area contributed by atoms with Crippen LogP contribution in [0.2, 0.25) is 5.02 Å². The van der Waals surface area contributed by atoms with Crippen molar-refractivity contribution in [2.45, 2.75) is 53.9 Å². The van der Waals surface area contributed by atoms with Crippen molar-refractivity contribution in [2.75, 3.05) is 20.2 Å². The van der Waals surface area contributed by atoms with Gasteiger partial charge in [0.2, 0.25) is 0 Å². The Labute approximate surface area is 159 Å². The van der Waals surface area contributed by atoms with Crippen molar-refractivity contribution >= 4 is 17.6 Å². The molecule has 0 radical (unpaired) electrons. The molecule has 0 spiro atoms. The van der Waals surface area contributed by atoms with Crippen LogP contribution in [0.5, 0.6) is 0 Å². The minimum atomic E-state index is -0.436. The molecular formula is C21H34ClNO2. The molecule has 142 valence electrons. The lowest BCUT2D eigenvalue weighted by atomic mass is 9.73. The van der Waals surface area contributed by atoms with Crippen LogP contribution in [-0.4, -0.2) is 31.1 Å². The lowest BCUT2D eigenvalue weighted by molar-refractivity contribution is -0.155.